The zero-order chi connectivity index (χ0) is 15.1. The maximum absolute atomic E-state index is 13.6. The minimum atomic E-state index is -0.257. The van der Waals surface area contributed by atoms with Crippen LogP contribution in [0.15, 0.2) is 24.3 Å². The van der Waals surface area contributed by atoms with Crippen LogP contribution >= 0.6 is 0 Å². The van der Waals surface area contributed by atoms with Gasteiger partial charge in [0.1, 0.15) is 11.7 Å². The van der Waals surface area contributed by atoms with E-state index >= 15 is 0 Å². The molecule has 0 saturated carbocycles. The number of rotatable bonds is 2. The lowest BCUT2D eigenvalue weighted by atomic mass is 10.1. The summed E-state index contributed by atoms with van der Waals surface area (Å²) >= 11 is 0. The van der Waals surface area contributed by atoms with Crippen molar-refractivity contribution in [1.29, 1.82) is 5.41 Å². The van der Waals surface area contributed by atoms with Crippen LogP contribution in [0.25, 0.3) is 0 Å². The van der Waals surface area contributed by atoms with Crippen LogP contribution in [0.1, 0.15) is 22.5 Å². The van der Waals surface area contributed by atoms with E-state index < -0.39 is 0 Å². The van der Waals surface area contributed by atoms with Crippen molar-refractivity contribution in [2.75, 3.05) is 11.4 Å². The zero-order valence-electron chi connectivity index (χ0n) is 12.1. The predicted molar refractivity (Wildman–Crippen MR) is 81.8 cm³/mol. The van der Waals surface area contributed by atoms with Gasteiger partial charge in [-0.05, 0) is 44.0 Å². The number of pyridine rings is 1. The van der Waals surface area contributed by atoms with Crippen LogP contribution in [-0.4, -0.2) is 17.4 Å². The first-order valence-electron chi connectivity index (χ1n) is 6.86. The molecule has 0 unspecified atom stereocenters. The van der Waals surface area contributed by atoms with Gasteiger partial charge >= 0.3 is 0 Å². The van der Waals surface area contributed by atoms with E-state index in [1.807, 2.05) is 30.9 Å². The molecule has 0 amide bonds. The maximum atomic E-state index is 13.6. The number of hydrogen-bond donors (Lipinski definition) is 2. The van der Waals surface area contributed by atoms with Gasteiger partial charge in [-0.25, -0.2) is 4.39 Å². The van der Waals surface area contributed by atoms with Crippen molar-refractivity contribution >= 4 is 17.2 Å². The van der Waals surface area contributed by atoms with Crippen molar-refractivity contribution in [1.82, 2.24) is 4.98 Å². The van der Waals surface area contributed by atoms with Crippen LogP contribution in [0.4, 0.5) is 15.8 Å². The van der Waals surface area contributed by atoms with Gasteiger partial charge < -0.3 is 10.6 Å². The van der Waals surface area contributed by atoms with E-state index in [1.165, 1.54) is 12.1 Å². The third-order valence-electron chi connectivity index (χ3n) is 3.81. The van der Waals surface area contributed by atoms with Gasteiger partial charge in [-0.15, -0.1) is 0 Å². The van der Waals surface area contributed by atoms with Crippen LogP contribution in [0, 0.1) is 25.1 Å². The lowest BCUT2D eigenvalue weighted by molar-refractivity contribution is 0.628. The summed E-state index contributed by atoms with van der Waals surface area (Å²) in [5.41, 5.74) is 10.7. The van der Waals surface area contributed by atoms with Gasteiger partial charge in [0, 0.05) is 17.9 Å². The topological polar surface area (TPSA) is 66.0 Å². The Bertz CT molecular complexity index is 739. The summed E-state index contributed by atoms with van der Waals surface area (Å²) in [4.78, 5) is 6.40. The van der Waals surface area contributed by atoms with E-state index in [0.29, 0.717) is 5.56 Å². The van der Waals surface area contributed by atoms with Crippen molar-refractivity contribution < 1.29 is 4.39 Å². The standard InChI is InChI=1S/C16H17FN4/c1-9-7-14(15(16(18)19)10(2)20-9)21-6-5-11-3-4-12(17)8-13(11)21/h3-4,7-8H,5-6H2,1-2H3,(H3,18,19). The SMILES string of the molecule is Cc1cc(N2CCc3ccc(F)cc32)c(C(=N)N)c(C)n1. The normalized spacial score (nSPS) is 13.4. The first-order valence-corrected chi connectivity index (χ1v) is 6.86. The Balaban J connectivity index is 2.19. The molecule has 0 bridgehead atoms. The highest BCUT2D eigenvalue weighted by Gasteiger charge is 2.25. The fraction of sp³-hybridized carbons (Fsp3) is 0.250. The Morgan fingerprint density at radius 3 is 2.76 bits per heavy atom. The fourth-order valence-corrected chi connectivity index (χ4v) is 2.96. The Hall–Kier alpha value is -2.43. The Morgan fingerprint density at radius 2 is 2.05 bits per heavy atom. The third-order valence-corrected chi connectivity index (χ3v) is 3.81. The van der Waals surface area contributed by atoms with Gasteiger partial charge in [0.25, 0.3) is 0 Å². The molecule has 2 heterocycles. The molecule has 0 aliphatic carbocycles. The minimum Gasteiger partial charge on any atom is -0.384 e. The third kappa shape index (κ3) is 2.24. The molecule has 0 radical (unpaired) electrons. The second kappa shape index (κ2) is 4.84. The molecule has 1 aliphatic rings. The fourth-order valence-electron chi connectivity index (χ4n) is 2.96. The highest BCUT2D eigenvalue weighted by molar-refractivity contribution is 6.02. The van der Waals surface area contributed by atoms with Gasteiger partial charge in [-0.1, -0.05) is 6.07 Å². The average molecular weight is 284 g/mol. The molecule has 5 heteroatoms. The largest absolute Gasteiger partial charge is 0.384 e. The Kier molecular flexibility index (Phi) is 3.12. The second-order valence-electron chi connectivity index (χ2n) is 5.33. The van der Waals surface area contributed by atoms with Crippen molar-refractivity contribution in [3.63, 3.8) is 0 Å². The van der Waals surface area contributed by atoms with Gasteiger partial charge in [0.2, 0.25) is 0 Å². The molecule has 2 aromatic rings. The van der Waals surface area contributed by atoms with Crippen molar-refractivity contribution in [3.8, 4) is 0 Å². The van der Waals surface area contributed by atoms with Crippen LogP contribution in [0.5, 0.6) is 0 Å². The number of nitrogens with one attached hydrogen (secondary N) is 1. The molecular formula is C16H17FN4. The summed E-state index contributed by atoms with van der Waals surface area (Å²) < 4.78 is 13.6. The number of hydrogen-bond acceptors (Lipinski definition) is 3. The smallest absolute Gasteiger partial charge is 0.126 e. The highest BCUT2D eigenvalue weighted by atomic mass is 19.1. The number of nitrogen functional groups attached to an aromatic ring is 1. The average Bonchev–Trinajstić information content (AvgIpc) is 2.79. The van der Waals surface area contributed by atoms with E-state index in [0.717, 1.165) is 41.3 Å². The molecule has 4 nitrogen and oxygen atoms in total. The Labute approximate surface area is 122 Å². The molecule has 21 heavy (non-hydrogen) atoms. The van der Waals surface area contributed by atoms with Crippen LogP contribution in [0.2, 0.25) is 0 Å². The number of aryl methyl sites for hydroxylation is 2. The summed E-state index contributed by atoms with van der Waals surface area (Å²) in [7, 11) is 0. The van der Waals surface area contributed by atoms with Crippen LogP contribution < -0.4 is 10.6 Å². The van der Waals surface area contributed by atoms with Crippen molar-refractivity contribution in [2.45, 2.75) is 20.3 Å². The van der Waals surface area contributed by atoms with E-state index in [-0.39, 0.29) is 11.7 Å². The zero-order valence-corrected chi connectivity index (χ0v) is 12.1. The van der Waals surface area contributed by atoms with Crippen LogP contribution in [-0.2, 0) is 6.42 Å². The first kappa shape index (κ1) is 13.5. The summed E-state index contributed by atoms with van der Waals surface area (Å²) in [6.07, 6.45) is 0.855. The quantitative estimate of drug-likeness (QED) is 0.658. The van der Waals surface area contributed by atoms with Crippen molar-refractivity contribution in [2.24, 2.45) is 5.73 Å². The molecule has 0 spiro atoms. The van der Waals surface area contributed by atoms with Gasteiger partial charge in [0.05, 0.1) is 16.9 Å². The summed E-state index contributed by atoms with van der Waals surface area (Å²) in [5.74, 6) is -0.271. The lowest BCUT2D eigenvalue weighted by Gasteiger charge is -2.24. The number of halogens is 1. The van der Waals surface area contributed by atoms with E-state index in [1.54, 1.807) is 0 Å². The van der Waals surface area contributed by atoms with E-state index in [2.05, 4.69) is 4.98 Å². The number of fused-ring (bicyclic) bond motifs is 1. The molecule has 0 atom stereocenters. The van der Waals surface area contributed by atoms with E-state index in [4.69, 9.17) is 11.1 Å². The number of amidine groups is 1. The first-order chi connectivity index (χ1) is 9.97. The lowest BCUT2D eigenvalue weighted by Crippen LogP contribution is -2.22. The number of benzene rings is 1. The molecule has 0 saturated heterocycles. The molecule has 1 aromatic carbocycles. The monoisotopic (exact) mass is 284 g/mol. The van der Waals surface area contributed by atoms with Crippen LogP contribution in [0.3, 0.4) is 0 Å². The summed E-state index contributed by atoms with van der Waals surface area (Å²) in [5, 5.41) is 7.81. The number of nitrogens with zero attached hydrogens (tertiary/aromatic N) is 2. The highest BCUT2D eigenvalue weighted by Crippen LogP contribution is 2.37. The summed E-state index contributed by atoms with van der Waals surface area (Å²) in [6, 6.07) is 6.75. The Morgan fingerprint density at radius 1 is 1.29 bits per heavy atom. The van der Waals surface area contributed by atoms with Gasteiger partial charge in [-0.2, -0.15) is 0 Å². The molecule has 3 N–H and O–H groups in total. The minimum absolute atomic E-state index is 0.0140. The number of nitrogens with two attached hydrogens (primary N) is 1. The summed E-state index contributed by atoms with van der Waals surface area (Å²) in [6.45, 7) is 4.50. The predicted octanol–water partition coefficient (Wildman–Crippen LogP) is 2.82. The molecule has 1 aromatic heterocycles. The van der Waals surface area contributed by atoms with Crippen molar-refractivity contribution in [3.05, 3.63) is 52.6 Å². The van der Waals surface area contributed by atoms with Gasteiger partial charge in [0.15, 0.2) is 0 Å². The molecule has 1 aliphatic heterocycles. The van der Waals surface area contributed by atoms with Gasteiger partial charge in [-0.3, -0.25) is 10.4 Å². The molecule has 3 rings (SSSR count). The molecular weight excluding hydrogens is 267 g/mol. The molecule has 108 valence electrons. The number of aromatic nitrogens is 1. The second-order valence-corrected chi connectivity index (χ2v) is 5.33. The number of anilines is 2. The maximum Gasteiger partial charge on any atom is 0.126 e. The molecule has 0 fully saturated rings. The van der Waals surface area contributed by atoms with E-state index in [9.17, 15) is 4.39 Å².